The number of pyridine rings is 1. The fourth-order valence-corrected chi connectivity index (χ4v) is 1.48. The second kappa shape index (κ2) is 6.45. The number of hydrogen-bond acceptors (Lipinski definition) is 6. The molecule has 2 N–H and O–H groups in total. The number of aliphatic carboxylic acids is 2. The lowest BCUT2D eigenvalue weighted by Crippen LogP contribution is -2.36. The van der Waals surface area contributed by atoms with Crippen molar-refractivity contribution in [2.45, 2.75) is 6.92 Å². The molecule has 0 amide bonds. The van der Waals surface area contributed by atoms with E-state index < -0.39 is 29.3 Å². The zero-order chi connectivity index (χ0) is 15.3. The molecule has 0 saturated carbocycles. The van der Waals surface area contributed by atoms with E-state index >= 15 is 0 Å². The largest absolute Gasteiger partial charge is 0.481 e. The van der Waals surface area contributed by atoms with Crippen LogP contribution in [0.4, 0.5) is 11.5 Å². The molecule has 0 radical (unpaired) electrons. The van der Waals surface area contributed by atoms with Gasteiger partial charge in [-0.15, -0.1) is 0 Å². The lowest BCUT2D eigenvalue weighted by molar-refractivity contribution is -0.385. The third kappa shape index (κ3) is 4.19. The summed E-state index contributed by atoms with van der Waals surface area (Å²) in [6.45, 7) is 0.928. The van der Waals surface area contributed by atoms with Crippen LogP contribution in [0.1, 0.15) is 6.92 Å². The zero-order valence-corrected chi connectivity index (χ0v) is 10.6. The zero-order valence-electron chi connectivity index (χ0n) is 10.6. The van der Waals surface area contributed by atoms with Crippen molar-refractivity contribution >= 4 is 23.4 Å². The maximum atomic E-state index is 10.8. The summed E-state index contributed by atoms with van der Waals surface area (Å²) in [6.07, 6.45) is 0.996. The Morgan fingerprint density at radius 2 is 2.10 bits per heavy atom. The van der Waals surface area contributed by atoms with Crippen LogP contribution in [0.15, 0.2) is 18.3 Å². The molecule has 0 spiro atoms. The lowest BCUT2D eigenvalue weighted by atomic mass is 10.1. The summed E-state index contributed by atoms with van der Waals surface area (Å²) in [5, 5.41) is 28.2. The first-order valence-electron chi connectivity index (χ1n) is 5.61. The van der Waals surface area contributed by atoms with E-state index in [1.165, 1.54) is 24.0 Å². The highest BCUT2D eigenvalue weighted by molar-refractivity contribution is 5.74. The normalized spacial score (nSPS) is 11.7. The van der Waals surface area contributed by atoms with Gasteiger partial charge in [0.2, 0.25) is 0 Å². The number of carbonyl (C=O) groups is 2. The number of anilines is 1. The van der Waals surface area contributed by atoms with E-state index in [0.717, 1.165) is 6.20 Å². The number of rotatable bonds is 7. The molecule has 0 aliphatic heterocycles. The molecule has 0 fully saturated rings. The number of carboxylic acid groups (broad SMARTS) is 2. The van der Waals surface area contributed by atoms with E-state index in [1.807, 2.05) is 0 Å². The van der Waals surface area contributed by atoms with Crippen LogP contribution in [0.25, 0.3) is 0 Å². The summed E-state index contributed by atoms with van der Waals surface area (Å²) in [4.78, 5) is 36.5. The average Bonchev–Trinajstić information content (AvgIpc) is 2.37. The smallest absolute Gasteiger partial charge is 0.323 e. The summed E-state index contributed by atoms with van der Waals surface area (Å²) in [7, 11) is 0. The first-order valence-corrected chi connectivity index (χ1v) is 5.61. The van der Waals surface area contributed by atoms with Gasteiger partial charge in [-0.3, -0.25) is 19.7 Å². The molecule has 1 aromatic rings. The Bertz CT molecular complexity index is 515. The van der Waals surface area contributed by atoms with Crippen molar-refractivity contribution in [1.82, 2.24) is 4.98 Å². The Kier molecular flexibility index (Phi) is 4.95. The fourth-order valence-electron chi connectivity index (χ4n) is 1.48. The number of hydrogen-bond donors (Lipinski definition) is 2. The van der Waals surface area contributed by atoms with E-state index in [0.29, 0.717) is 0 Å². The van der Waals surface area contributed by atoms with E-state index in [-0.39, 0.29) is 18.1 Å². The van der Waals surface area contributed by atoms with Crippen LogP contribution in [0, 0.1) is 16.0 Å². The molecule has 9 nitrogen and oxygen atoms in total. The third-order valence-corrected chi connectivity index (χ3v) is 2.51. The van der Waals surface area contributed by atoms with Gasteiger partial charge in [0.25, 0.3) is 5.69 Å². The van der Waals surface area contributed by atoms with Gasteiger partial charge in [-0.2, -0.15) is 0 Å². The molecule has 1 atom stereocenters. The van der Waals surface area contributed by atoms with Crippen molar-refractivity contribution in [3.05, 3.63) is 28.4 Å². The van der Waals surface area contributed by atoms with E-state index in [4.69, 9.17) is 10.2 Å². The van der Waals surface area contributed by atoms with Gasteiger partial charge in [0.15, 0.2) is 0 Å². The van der Waals surface area contributed by atoms with Gasteiger partial charge in [-0.1, -0.05) is 6.92 Å². The number of carboxylic acids is 2. The van der Waals surface area contributed by atoms with Gasteiger partial charge in [0, 0.05) is 12.6 Å². The molecule has 0 aromatic carbocycles. The van der Waals surface area contributed by atoms with Gasteiger partial charge in [0.05, 0.1) is 10.8 Å². The van der Waals surface area contributed by atoms with Crippen LogP contribution in [0.5, 0.6) is 0 Å². The Morgan fingerprint density at radius 1 is 1.45 bits per heavy atom. The van der Waals surface area contributed by atoms with Crippen LogP contribution in [-0.4, -0.2) is 45.1 Å². The number of nitro groups is 1. The second-order valence-electron chi connectivity index (χ2n) is 4.15. The highest BCUT2D eigenvalue weighted by atomic mass is 16.6. The molecule has 0 saturated heterocycles. The van der Waals surface area contributed by atoms with E-state index in [2.05, 4.69) is 4.98 Å². The minimum absolute atomic E-state index is 0.0631. The standard InChI is InChI=1S/C11H13N3O6/c1-7(11(17)18)5-13(6-10(15)16)9-3-2-8(4-12-9)14(19)20/h2-4,7H,5-6H2,1H3,(H,15,16)(H,17,18). The first-order chi connectivity index (χ1) is 9.31. The summed E-state index contributed by atoms with van der Waals surface area (Å²) in [6, 6.07) is 2.47. The average molecular weight is 283 g/mol. The molecule has 0 aliphatic carbocycles. The summed E-state index contributed by atoms with van der Waals surface area (Å²) >= 11 is 0. The predicted octanol–water partition coefficient (Wildman–Crippen LogP) is 0.601. The van der Waals surface area contributed by atoms with Crippen LogP contribution in [0.2, 0.25) is 0 Å². The van der Waals surface area contributed by atoms with Crippen molar-refractivity contribution in [3.8, 4) is 0 Å². The molecule has 108 valence electrons. The molecule has 1 heterocycles. The van der Waals surface area contributed by atoms with Gasteiger partial charge < -0.3 is 15.1 Å². The van der Waals surface area contributed by atoms with Crippen molar-refractivity contribution < 1.29 is 24.7 Å². The summed E-state index contributed by atoms with van der Waals surface area (Å²) < 4.78 is 0. The maximum Gasteiger partial charge on any atom is 0.323 e. The SMILES string of the molecule is CC(CN(CC(=O)O)c1ccc([N+](=O)[O-])cn1)C(=O)O. The minimum atomic E-state index is -1.15. The number of aromatic nitrogens is 1. The minimum Gasteiger partial charge on any atom is -0.481 e. The molecular formula is C11H13N3O6. The predicted molar refractivity (Wildman–Crippen MR) is 67.5 cm³/mol. The topological polar surface area (TPSA) is 134 Å². The molecular weight excluding hydrogens is 270 g/mol. The molecule has 1 rings (SSSR count). The van der Waals surface area contributed by atoms with Gasteiger partial charge in [-0.25, -0.2) is 4.98 Å². The lowest BCUT2D eigenvalue weighted by Gasteiger charge is -2.23. The first kappa shape index (κ1) is 15.3. The van der Waals surface area contributed by atoms with Gasteiger partial charge in [-0.05, 0) is 6.07 Å². The Balaban J connectivity index is 2.94. The van der Waals surface area contributed by atoms with E-state index in [9.17, 15) is 19.7 Å². The second-order valence-corrected chi connectivity index (χ2v) is 4.15. The van der Waals surface area contributed by atoms with Crippen molar-refractivity contribution in [3.63, 3.8) is 0 Å². The summed E-state index contributed by atoms with van der Waals surface area (Å²) in [5.41, 5.74) is -0.227. The van der Waals surface area contributed by atoms with Crippen LogP contribution >= 0.6 is 0 Å². The highest BCUT2D eigenvalue weighted by Crippen LogP contribution is 2.17. The molecule has 0 aliphatic rings. The Morgan fingerprint density at radius 3 is 2.50 bits per heavy atom. The molecule has 20 heavy (non-hydrogen) atoms. The molecule has 0 bridgehead atoms. The monoisotopic (exact) mass is 283 g/mol. The summed E-state index contributed by atoms with van der Waals surface area (Å²) in [5.74, 6) is -2.84. The Labute approximate surface area is 113 Å². The fraction of sp³-hybridized carbons (Fsp3) is 0.364. The van der Waals surface area contributed by atoms with Crippen molar-refractivity contribution in [2.24, 2.45) is 5.92 Å². The third-order valence-electron chi connectivity index (χ3n) is 2.51. The van der Waals surface area contributed by atoms with Gasteiger partial charge in [0.1, 0.15) is 18.6 Å². The van der Waals surface area contributed by atoms with Crippen molar-refractivity contribution in [1.29, 1.82) is 0 Å². The quantitative estimate of drug-likeness (QED) is 0.548. The van der Waals surface area contributed by atoms with Gasteiger partial charge >= 0.3 is 11.9 Å². The Hall–Kier alpha value is -2.71. The molecule has 1 unspecified atom stereocenters. The van der Waals surface area contributed by atoms with Crippen LogP contribution < -0.4 is 4.90 Å². The van der Waals surface area contributed by atoms with E-state index in [1.54, 1.807) is 0 Å². The highest BCUT2D eigenvalue weighted by Gasteiger charge is 2.20. The van der Waals surface area contributed by atoms with Crippen LogP contribution in [0.3, 0.4) is 0 Å². The molecule has 9 heteroatoms. The number of nitrogens with zero attached hydrogens (tertiary/aromatic N) is 3. The van der Waals surface area contributed by atoms with Crippen molar-refractivity contribution in [2.75, 3.05) is 18.0 Å². The van der Waals surface area contributed by atoms with Crippen LogP contribution in [-0.2, 0) is 9.59 Å². The molecule has 1 aromatic heterocycles. The maximum absolute atomic E-state index is 10.8.